The molecule has 1 aliphatic heterocycles. The Labute approximate surface area is 180 Å². The fraction of sp³-hybridized carbons (Fsp3) is 0.409. The number of hydrogen-bond donors (Lipinski definition) is 1. The summed E-state index contributed by atoms with van der Waals surface area (Å²) in [6.45, 7) is 7.54. The zero-order valence-electron chi connectivity index (χ0n) is 17.5. The summed E-state index contributed by atoms with van der Waals surface area (Å²) in [6, 6.07) is 7.72. The first-order valence-electron chi connectivity index (χ1n) is 10.3. The predicted molar refractivity (Wildman–Crippen MR) is 119 cm³/mol. The van der Waals surface area contributed by atoms with Crippen LogP contribution >= 0.6 is 11.3 Å². The first-order chi connectivity index (χ1) is 14.5. The van der Waals surface area contributed by atoms with E-state index in [-0.39, 0.29) is 17.9 Å². The molecule has 3 aromatic heterocycles. The van der Waals surface area contributed by atoms with Crippen molar-refractivity contribution in [1.82, 2.24) is 24.8 Å². The Balaban J connectivity index is 1.62. The molecule has 0 unspecified atom stereocenters. The Morgan fingerprint density at radius 3 is 2.83 bits per heavy atom. The van der Waals surface area contributed by atoms with Crippen molar-refractivity contribution >= 4 is 23.1 Å². The van der Waals surface area contributed by atoms with Gasteiger partial charge < -0.3 is 10.2 Å². The highest BCUT2D eigenvalue weighted by Gasteiger charge is 2.28. The monoisotopic (exact) mass is 422 g/mol. The molecule has 4 heterocycles. The number of aryl methyl sites for hydroxylation is 1. The number of rotatable bonds is 5. The average molecular weight is 423 g/mol. The zero-order valence-corrected chi connectivity index (χ0v) is 18.3. The molecule has 0 aromatic carbocycles. The van der Waals surface area contributed by atoms with Crippen LogP contribution in [0, 0.1) is 6.92 Å². The van der Waals surface area contributed by atoms with Crippen LogP contribution in [0.15, 0.2) is 36.7 Å². The Hall–Kier alpha value is -2.87. The Morgan fingerprint density at radius 1 is 1.27 bits per heavy atom. The number of nitrogens with zero attached hydrogens (tertiary/aromatic N) is 5. The van der Waals surface area contributed by atoms with Crippen LogP contribution < -0.4 is 5.32 Å². The molecule has 1 fully saturated rings. The standard InChI is InChI=1S/C22H26N6OS/c1-14(2)25-20-11-18(26-21(27-20)19-12-24-15(3)30-19)16-7-6-10-28(13-16)22(29)17-8-4-5-9-23-17/h4-5,8-9,11-12,14,16H,6-7,10,13H2,1-3H3,(H,25,26,27)/t16-/m0/s1. The van der Waals surface area contributed by atoms with Gasteiger partial charge in [-0.05, 0) is 45.7 Å². The van der Waals surface area contributed by atoms with Gasteiger partial charge in [0.05, 0.1) is 15.6 Å². The van der Waals surface area contributed by atoms with E-state index in [4.69, 9.17) is 9.97 Å². The molecule has 7 nitrogen and oxygen atoms in total. The molecule has 30 heavy (non-hydrogen) atoms. The Bertz CT molecular complexity index is 1020. The number of carbonyl (C=O) groups is 1. The molecule has 4 rings (SSSR count). The highest BCUT2D eigenvalue weighted by molar-refractivity contribution is 7.14. The molecule has 0 aliphatic carbocycles. The number of aromatic nitrogens is 4. The minimum Gasteiger partial charge on any atom is -0.368 e. The summed E-state index contributed by atoms with van der Waals surface area (Å²) in [4.78, 5) is 33.9. The highest BCUT2D eigenvalue weighted by atomic mass is 32.1. The molecule has 1 N–H and O–H groups in total. The lowest BCUT2D eigenvalue weighted by atomic mass is 9.94. The number of likely N-dealkylation sites (tertiary alicyclic amines) is 1. The summed E-state index contributed by atoms with van der Waals surface area (Å²) in [5.74, 6) is 1.64. The maximum Gasteiger partial charge on any atom is 0.272 e. The smallest absolute Gasteiger partial charge is 0.272 e. The number of carbonyl (C=O) groups excluding carboxylic acids is 1. The molecular formula is C22H26N6OS. The zero-order chi connectivity index (χ0) is 21.1. The topological polar surface area (TPSA) is 83.9 Å². The van der Waals surface area contributed by atoms with E-state index in [2.05, 4.69) is 29.1 Å². The fourth-order valence-corrected chi connectivity index (χ4v) is 4.39. The van der Waals surface area contributed by atoms with E-state index in [1.807, 2.05) is 36.2 Å². The van der Waals surface area contributed by atoms with Crippen molar-refractivity contribution in [2.45, 2.75) is 45.6 Å². The van der Waals surface area contributed by atoms with Gasteiger partial charge in [-0.25, -0.2) is 15.0 Å². The minimum absolute atomic E-state index is 0.0202. The number of piperidine rings is 1. The van der Waals surface area contributed by atoms with Gasteiger partial charge in [-0.15, -0.1) is 11.3 Å². The highest BCUT2D eigenvalue weighted by Crippen LogP contribution is 2.31. The molecule has 1 atom stereocenters. The molecule has 0 saturated carbocycles. The van der Waals surface area contributed by atoms with Gasteiger partial charge in [-0.3, -0.25) is 9.78 Å². The lowest BCUT2D eigenvalue weighted by Crippen LogP contribution is -2.39. The lowest BCUT2D eigenvalue weighted by molar-refractivity contribution is 0.0700. The predicted octanol–water partition coefficient (Wildman–Crippen LogP) is 4.14. The van der Waals surface area contributed by atoms with Crippen LogP contribution in [0.25, 0.3) is 10.7 Å². The average Bonchev–Trinajstić information content (AvgIpc) is 3.19. The van der Waals surface area contributed by atoms with Crippen LogP contribution in [0.3, 0.4) is 0 Å². The molecule has 3 aromatic rings. The molecule has 0 bridgehead atoms. The van der Waals surface area contributed by atoms with Gasteiger partial charge in [-0.1, -0.05) is 6.07 Å². The molecular weight excluding hydrogens is 396 g/mol. The van der Waals surface area contributed by atoms with E-state index in [1.54, 1.807) is 23.6 Å². The van der Waals surface area contributed by atoms with Crippen LogP contribution in [-0.4, -0.2) is 49.9 Å². The van der Waals surface area contributed by atoms with Gasteiger partial charge in [0.15, 0.2) is 5.82 Å². The largest absolute Gasteiger partial charge is 0.368 e. The van der Waals surface area contributed by atoms with E-state index in [0.717, 1.165) is 40.8 Å². The first kappa shape index (κ1) is 20.4. The number of thiazole rings is 1. The van der Waals surface area contributed by atoms with Crippen molar-refractivity contribution in [3.05, 3.63) is 53.1 Å². The summed E-state index contributed by atoms with van der Waals surface area (Å²) in [7, 11) is 0. The second kappa shape index (κ2) is 8.87. The number of nitrogens with one attached hydrogen (secondary N) is 1. The second-order valence-electron chi connectivity index (χ2n) is 7.85. The third-order valence-corrected chi connectivity index (χ3v) is 5.94. The van der Waals surface area contributed by atoms with Crippen LogP contribution in [0.5, 0.6) is 0 Å². The molecule has 0 spiro atoms. The van der Waals surface area contributed by atoms with E-state index >= 15 is 0 Å². The minimum atomic E-state index is -0.0202. The quantitative estimate of drug-likeness (QED) is 0.665. The summed E-state index contributed by atoms with van der Waals surface area (Å²) < 4.78 is 0. The number of anilines is 1. The summed E-state index contributed by atoms with van der Waals surface area (Å²) in [6.07, 6.45) is 5.42. The maximum atomic E-state index is 12.9. The number of amides is 1. The van der Waals surface area contributed by atoms with Crippen molar-refractivity contribution in [2.24, 2.45) is 0 Å². The van der Waals surface area contributed by atoms with Crippen molar-refractivity contribution in [3.8, 4) is 10.7 Å². The van der Waals surface area contributed by atoms with Crippen molar-refractivity contribution < 1.29 is 4.79 Å². The van der Waals surface area contributed by atoms with Crippen LogP contribution in [0.1, 0.15) is 53.8 Å². The molecule has 1 amide bonds. The molecule has 156 valence electrons. The Morgan fingerprint density at radius 2 is 2.13 bits per heavy atom. The van der Waals surface area contributed by atoms with E-state index in [1.165, 1.54) is 0 Å². The SMILES string of the molecule is Cc1ncc(-c2nc(NC(C)C)cc([C@H]3CCCN(C(=O)c4ccccn4)C3)n2)s1. The molecule has 0 radical (unpaired) electrons. The van der Waals surface area contributed by atoms with Crippen molar-refractivity contribution in [3.63, 3.8) is 0 Å². The first-order valence-corrected chi connectivity index (χ1v) is 11.1. The third-order valence-electron chi connectivity index (χ3n) is 5.04. The Kier molecular flexibility index (Phi) is 6.03. The second-order valence-corrected chi connectivity index (χ2v) is 9.08. The number of hydrogen-bond acceptors (Lipinski definition) is 7. The van der Waals surface area contributed by atoms with E-state index < -0.39 is 0 Å². The summed E-state index contributed by atoms with van der Waals surface area (Å²) in [5.41, 5.74) is 1.46. The maximum absolute atomic E-state index is 12.9. The van der Waals surface area contributed by atoms with Gasteiger partial charge in [0.25, 0.3) is 5.91 Å². The summed E-state index contributed by atoms with van der Waals surface area (Å²) >= 11 is 1.59. The summed E-state index contributed by atoms with van der Waals surface area (Å²) in [5, 5.41) is 4.39. The van der Waals surface area contributed by atoms with Gasteiger partial charge in [-0.2, -0.15) is 0 Å². The van der Waals surface area contributed by atoms with Crippen molar-refractivity contribution in [2.75, 3.05) is 18.4 Å². The molecule has 1 aliphatic rings. The normalized spacial score (nSPS) is 16.7. The molecule has 8 heteroatoms. The fourth-order valence-electron chi connectivity index (χ4n) is 3.67. The third kappa shape index (κ3) is 4.64. The van der Waals surface area contributed by atoms with Gasteiger partial charge in [0.1, 0.15) is 11.5 Å². The van der Waals surface area contributed by atoms with Crippen LogP contribution in [0.2, 0.25) is 0 Å². The van der Waals surface area contributed by atoms with Gasteiger partial charge in [0.2, 0.25) is 0 Å². The lowest BCUT2D eigenvalue weighted by Gasteiger charge is -2.32. The van der Waals surface area contributed by atoms with Gasteiger partial charge in [0, 0.05) is 43.5 Å². The van der Waals surface area contributed by atoms with Crippen molar-refractivity contribution in [1.29, 1.82) is 0 Å². The molecule has 1 saturated heterocycles. The van der Waals surface area contributed by atoms with E-state index in [0.29, 0.717) is 18.1 Å². The van der Waals surface area contributed by atoms with Crippen LogP contribution in [-0.2, 0) is 0 Å². The van der Waals surface area contributed by atoms with E-state index in [9.17, 15) is 4.79 Å². The number of pyridine rings is 1. The van der Waals surface area contributed by atoms with Gasteiger partial charge >= 0.3 is 0 Å². The van der Waals surface area contributed by atoms with Crippen LogP contribution in [0.4, 0.5) is 5.82 Å².